The quantitative estimate of drug-likeness (QED) is 0.184. The molecular weight excluding hydrogens is 631 g/mol. The summed E-state index contributed by atoms with van der Waals surface area (Å²) in [7, 11) is 0. The first kappa shape index (κ1) is 29.9. The molecule has 1 heterocycles. The molecule has 9 aromatic carbocycles. The van der Waals surface area contributed by atoms with Crippen molar-refractivity contribution >= 4 is 43.1 Å². The van der Waals surface area contributed by atoms with Crippen molar-refractivity contribution in [3.05, 3.63) is 188 Å². The molecule has 10 aromatic rings. The van der Waals surface area contributed by atoms with E-state index >= 15 is 0 Å². The maximum absolute atomic E-state index is 5.27. The highest BCUT2D eigenvalue weighted by Gasteiger charge is 2.19. The molecule has 0 aliphatic rings. The van der Waals surface area contributed by atoms with Gasteiger partial charge >= 0.3 is 0 Å². The SMILES string of the molecule is c1ccc(-c2nc(-c3ccc(-c4ccc5ccccc5c4)c4ccccc34)nc(-c3ccc(-c4cccc5ccccc45)c4ccccc34)n2)cc1. The lowest BCUT2D eigenvalue weighted by molar-refractivity contribution is 1.08. The molecular formula is C49H31N3. The van der Waals surface area contributed by atoms with Crippen LogP contribution in [0.1, 0.15) is 0 Å². The van der Waals surface area contributed by atoms with Crippen LogP contribution in [-0.4, -0.2) is 15.0 Å². The third-order valence-electron chi connectivity index (χ3n) is 10.1. The summed E-state index contributed by atoms with van der Waals surface area (Å²) in [6.07, 6.45) is 0. The van der Waals surface area contributed by atoms with Crippen molar-refractivity contribution in [2.75, 3.05) is 0 Å². The van der Waals surface area contributed by atoms with Crippen molar-refractivity contribution in [3.63, 3.8) is 0 Å². The van der Waals surface area contributed by atoms with Crippen molar-refractivity contribution < 1.29 is 0 Å². The predicted molar refractivity (Wildman–Crippen MR) is 217 cm³/mol. The number of hydrogen-bond acceptors (Lipinski definition) is 3. The van der Waals surface area contributed by atoms with Gasteiger partial charge in [-0.2, -0.15) is 0 Å². The van der Waals surface area contributed by atoms with E-state index in [1.807, 2.05) is 18.2 Å². The van der Waals surface area contributed by atoms with E-state index in [0.717, 1.165) is 38.2 Å². The van der Waals surface area contributed by atoms with E-state index in [2.05, 4.69) is 170 Å². The second kappa shape index (κ2) is 12.4. The minimum absolute atomic E-state index is 0.644. The first-order chi connectivity index (χ1) is 25.8. The molecule has 3 heteroatoms. The minimum Gasteiger partial charge on any atom is -0.208 e. The summed E-state index contributed by atoms with van der Waals surface area (Å²) >= 11 is 0. The summed E-state index contributed by atoms with van der Waals surface area (Å²) < 4.78 is 0. The molecule has 0 fully saturated rings. The lowest BCUT2D eigenvalue weighted by Crippen LogP contribution is -2.01. The first-order valence-electron chi connectivity index (χ1n) is 17.6. The van der Waals surface area contributed by atoms with Gasteiger partial charge in [0.1, 0.15) is 0 Å². The Morgan fingerprint density at radius 3 is 1.38 bits per heavy atom. The third-order valence-corrected chi connectivity index (χ3v) is 10.1. The number of rotatable bonds is 5. The van der Waals surface area contributed by atoms with Crippen molar-refractivity contribution in [3.8, 4) is 56.4 Å². The van der Waals surface area contributed by atoms with Gasteiger partial charge in [-0.1, -0.05) is 170 Å². The van der Waals surface area contributed by atoms with Crippen molar-refractivity contribution in [2.24, 2.45) is 0 Å². The standard InChI is InChI=1S/C49H31N3/c1-2-15-34(16-3-1)47-50-48(45-29-27-38(39-20-8-10-22-42(39)45)36-26-25-32-13-4-5-17-35(32)31-36)52-49(51-47)46-30-28-44(41-21-9-11-23-43(41)46)40-24-12-18-33-14-6-7-19-37(33)40/h1-31H. The number of benzene rings is 9. The Kier molecular flexibility index (Phi) is 7.14. The van der Waals surface area contributed by atoms with E-state index in [4.69, 9.17) is 15.0 Å². The number of aromatic nitrogens is 3. The van der Waals surface area contributed by atoms with Crippen LogP contribution in [0.4, 0.5) is 0 Å². The summed E-state index contributed by atoms with van der Waals surface area (Å²) in [6, 6.07) is 66.4. The highest BCUT2D eigenvalue weighted by atomic mass is 15.0. The Hall–Kier alpha value is -6.97. The maximum Gasteiger partial charge on any atom is 0.164 e. The van der Waals surface area contributed by atoms with Crippen LogP contribution in [0.15, 0.2) is 188 Å². The lowest BCUT2D eigenvalue weighted by Gasteiger charge is -2.15. The summed E-state index contributed by atoms with van der Waals surface area (Å²) in [5, 5.41) is 9.42. The van der Waals surface area contributed by atoms with Crippen LogP contribution in [0.3, 0.4) is 0 Å². The summed E-state index contributed by atoms with van der Waals surface area (Å²) in [4.78, 5) is 15.6. The van der Waals surface area contributed by atoms with Gasteiger partial charge in [-0.15, -0.1) is 0 Å². The molecule has 10 rings (SSSR count). The molecule has 0 aliphatic heterocycles. The monoisotopic (exact) mass is 661 g/mol. The van der Waals surface area contributed by atoms with E-state index in [-0.39, 0.29) is 0 Å². The molecule has 52 heavy (non-hydrogen) atoms. The van der Waals surface area contributed by atoms with E-state index in [1.54, 1.807) is 0 Å². The molecule has 0 atom stereocenters. The largest absolute Gasteiger partial charge is 0.208 e. The predicted octanol–water partition coefficient (Wildman–Crippen LogP) is 12.8. The van der Waals surface area contributed by atoms with Gasteiger partial charge in [0.15, 0.2) is 17.5 Å². The van der Waals surface area contributed by atoms with Crippen LogP contribution in [-0.2, 0) is 0 Å². The molecule has 0 bridgehead atoms. The lowest BCUT2D eigenvalue weighted by atomic mass is 9.91. The molecule has 0 saturated heterocycles. The van der Waals surface area contributed by atoms with Crippen LogP contribution in [0.5, 0.6) is 0 Å². The molecule has 0 spiro atoms. The summed E-state index contributed by atoms with van der Waals surface area (Å²) in [6.45, 7) is 0. The molecule has 0 N–H and O–H groups in total. The second-order valence-electron chi connectivity index (χ2n) is 13.2. The van der Waals surface area contributed by atoms with Crippen molar-refractivity contribution in [1.82, 2.24) is 15.0 Å². The van der Waals surface area contributed by atoms with Gasteiger partial charge < -0.3 is 0 Å². The van der Waals surface area contributed by atoms with Gasteiger partial charge in [0.05, 0.1) is 0 Å². The molecule has 0 radical (unpaired) electrons. The van der Waals surface area contributed by atoms with Crippen LogP contribution >= 0.6 is 0 Å². The van der Waals surface area contributed by atoms with Crippen molar-refractivity contribution in [2.45, 2.75) is 0 Å². The molecule has 242 valence electrons. The molecule has 1 aromatic heterocycles. The Morgan fingerprint density at radius 2 is 0.692 bits per heavy atom. The average Bonchev–Trinajstić information content (AvgIpc) is 3.22. The normalized spacial score (nSPS) is 11.5. The Bertz CT molecular complexity index is 2960. The fourth-order valence-electron chi connectivity index (χ4n) is 7.63. The zero-order chi connectivity index (χ0) is 34.4. The van der Waals surface area contributed by atoms with Crippen LogP contribution < -0.4 is 0 Å². The summed E-state index contributed by atoms with van der Waals surface area (Å²) in [5.41, 5.74) is 7.64. The van der Waals surface area contributed by atoms with Gasteiger partial charge in [0.2, 0.25) is 0 Å². The van der Waals surface area contributed by atoms with Gasteiger partial charge in [0, 0.05) is 16.7 Å². The Balaban J connectivity index is 1.18. The molecule has 0 aliphatic carbocycles. The smallest absolute Gasteiger partial charge is 0.164 e. The van der Waals surface area contributed by atoms with Gasteiger partial charge in [-0.05, 0) is 83.5 Å². The Morgan fingerprint density at radius 1 is 0.231 bits per heavy atom. The zero-order valence-corrected chi connectivity index (χ0v) is 28.2. The van der Waals surface area contributed by atoms with Crippen LogP contribution in [0.2, 0.25) is 0 Å². The van der Waals surface area contributed by atoms with Gasteiger partial charge in [-0.3, -0.25) is 0 Å². The number of nitrogens with zero attached hydrogens (tertiary/aromatic N) is 3. The number of fused-ring (bicyclic) bond motifs is 4. The molecule has 0 amide bonds. The van der Waals surface area contributed by atoms with E-state index in [1.165, 1.54) is 43.8 Å². The van der Waals surface area contributed by atoms with E-state index < -0.39 is 0 Å². The zero-order valence-electron chi connectivity index (χ0n) is 28.2. The topological polar surface area (TPSA) is 38.7 Å². The van der Waals surface area contributed by atoms with Gasteiger partial charge in [-0.25, -0.2) is 15.0 Å². The molecule has 3 nitrogen and oxygen atoms in total. The second-order valence-corrected chi connectivity index (χ2v) is 13.2. The number of hydrogen-bond donors (Lipinski definition) is 0. The fourth-order valence-corrected chi connectivity index (χ4v) is 7.63. The average molecular weight is 662 g/mol. The maximum atomic E-state index is 5.27. The van der Waals surface area contributed by atoms with Crippen LogP contribution in [0.25, 0.3) is 99.5 Å². The third kappa shape index (κ3) is 5.10. The van der Waals surface area contributed by atoms with Crippen LogP contribution in [0, 0.1) is 0 Å². The van der Waals surface area contributed by atoms with Gasteiger partial charge in [0.25, 0.3) is 0 Å². The minimum atomic E-state index is 0.644. The van der Waals surface area contributed by atoms with E-state index in [9.17, 15) is 0 Å². The van der Waals surface area contributed by atoms with Crippen molar-refractivity contribution in [1.29, 1.82) is 0 Å². The highest BCUT2D eigenvalue weighted by molar-refractivity contribution is 6.10. The molecule has 0 unspecified atom stereocenters. The van der Waals surface area contributed by atoms with E-state index in [0.29, 0.717) is 17.5 Å². The fraction of sp³-hybridized carbons (Fsp3) is 0. The Labute approximate surface area is 301 Å². The summed E-state index contributed by atoms with van der Waals surface area (Å²) in [5.74, 6) is 1.94. The highest BCUT2D eigenvalue weighted by Crippen LogP contribution is 2.40. The molecule has 0 saturated carbocycles. The first-order valence-corrected chi connectivity index (χ1v) is 17.6.